The number of benzene rings is 1. The molecule has 0 atom stereocenters. The molecule has 0 heterocycles. The highest BCUT2D eigenvalue weighted by Gasteiger charge is 2.11. The van der Waals surface area contributed by atoms with Crippen molar-refractivity contribution >= 4 is 17.6 Å². The quantitative estimate of drug-likeness (QED) is 0.652. The lowest BCUT2D eigenvalue weighted by molar-refractivity contribution is -0.136. The highest BCUT2D eigenvalue weighted by molar-refractivity contribution is 5.71. The summed E-state index contributed by atoms with van der Waals surface area (Å²) in [6.07, 6.45) is 0.0836. The maximum atomic E-state index is 11.0. The number of aryl methyl sites for hydroxylation is 2. The first kappa shape index (κ1) is 15.0. The lowest BCUT2D eigenvalue weighted by Crippen LogP contribution is -2.21. The van der Waals surface area contributed by atoms with Crippen molar-refractivity contribution in [2.24, 2.45) is 0 Å². The molecule has 0 aliphatic heterocycles. The first-order chi connectivity index (χ1) is 8.81. The minimum absolute atomic E-state index is 0.0836. The van der Waals surface area contributed by atoms with Crippen LogP contribution in [0.5, 0.6) is 5.75 Å². The van der Waals surface area contributed by atoms with Crippen LogP contribution >= 0.6 is 0 Å². The van der Waals surface area contributed by atoms with Gasteiger partial charge >= 0.3 is 11.9 Å². The van der Waals surface area contributed by atoms with Gasteiger partial charge in [0, 0.05) is 26.2 Å². The first-order valence-corrected chi connectivity index (χ1v) is 6.04. The van der Waals surface area contributed by atoms with E-state index in [0.29, 0.717) is 12.3 Å². The van der Waals surface area contributed by atoms with Gasteiger partial charge in [0.05, 0.1) is 6.42 Å². The third-order valence-corrected chi connectivity index (χ3v) is 2.79. The average molecular weight is 265 g/mol. The summed E-state index contributed by atoms with van der Waals surface area (Å²) < 4.78 is 5.16. The zero-order chi connectivity index (χ0) is 14.6. The van der Waals surface area contributed by atoms with Gasteiger partial charge in [0.25, 0.3) is 0 Å². The zero-order valence-corrected chi connectivity index (χ0v) is 11.7. The number of carboxylic acid groups (broad SMARTS) is 1. The van der Waals surface area contributed by atoms with Crippen LogP contribution in [0.25, 0.3) is 0 Å². The molecule has 0 fully saturated rings. The second kappa shape index (κ2) is 6.22. The van der Waals surface area contributed by atoms with E-state index in [2.05, 4.69) is 0 Å². The normalized spacial score (nSPS) is 10.1. The fraction of sp³-hybridized carbons (Fsp3) is 0.429. The molecule has 0 aliphatic carbocycles. The molecule has 1 aromatic rings. The van der Waals surface area contributed by atoms with Crippen LogP contribution in [0.2, 0.25) is 0 Å². The SMILES string of the molecule is CC(=O)Oc1c(C)cc(N(C)CCC(=O)O)cc1C. The molecule has 5 heteroatoms. The van der Waals surface area contributed by atoms with Crippen molar-refractivity contribution in [3.05, 3.63) is 23.3 Å². The Morgan fingerprint density at radius 3 is 2.21 bits per heavy atom. The van der Waals surface area contributed by atoms with Crippen LogP contribution in [0.3, 0.4) is 0 Å². The Bertz CT molecular complexity index is 473. The number of hydrogen-bond acceptors (Lipinski definition) is 4. The molecule has 1 rings (SSSR count). The van der Waals surface area contributed by atoms with Crippen molar-refractivity contribution in [3.63, 3.8) is 0 Å². The summed E-state index contributed by atoms with van der Waals surface area (Å²) in [6.45, 7) is 5.52. The summed E-state index contributed by atoms with van der Waals surface area (Å²) in [5.41, 5.74) is 2.62. The Morgan fingerprint density at radius 2 is 1.79 bits per heavy atom. The van der Waals surface area contributed by atoms with Gasteiger partial charge in [0.2, 0.25) is 0 Å². The van der Waals surface area contributed by atoms with E-state index in [9.17, 15) is 9.59 Å². The molecule has 0 aromatic heterocycles. The number of ether oxygens (including phenoxy) is 1. The molecule has 1 aromatic carbocycles. The molecule has 5 nitrogen and oxygen atoms in total. The van der Waals surface area contributed by atoms with Crippen LogP contribution in [0.1, 0.15) is 24.5 Å². The average Bonchev–Trinajstić information content (AvgIpc) is 2.30. The van der Waals surface area contributed by atoms with Crippen LogP contribution in [0.15, 0.2) is 12.1 Å². The molecule has 0 spiro atoms. The van der Waals surface area contributed by atoms with Gasteiger partial charge < -0.3 is 14.7 Å². The minimum Gasteiger partial charge on any atom is -0.481 e. The Morgan fingerprint density at radius 1 is 1.26 bits per heavy atom. The second-order valence-corrected chi connectivity index (χ2v) is 4.57. The molecular formula is C14H19NO4. The number of carboxylic acids is 1. The van der Waals surface area contributed by atoms with E-state index < -0.39 is 5.97 Å². The van der Waals surface area contributed by atoms with E-state index in [1.807, 2.05) is 37.9 Å². The molecule has 104 valence electrons. The molecule has 0 saturated carbocycles. The summed E-state index contributed by atoms with van der Waals surface area (Å²) in [5.74, 6) is -0.599. The van der Waals surface area contributed by atoms with Crippen molar-refractivity contribution in [1.82, 2.24) is 0 Å². The lowest BCUT2D eigenvalue weighted by Gasteiger charge is -2.21. The molecule has 0 unspecified atom stereocenters. The van der Waals surface area contributed by atoms with Gasteiger partial charge in [-0.25, -0.2) is 0 Å². The summed E-state index contributed by atoms with van der Waals surface area (Å²) >= 11 is 0. The molecule has 19 heavy (non-hydrogen) atoms. The van der Waals surface area contributed by atoms with Crippen molar-refractivity contribution in [2.45, 2.75) is 27.2 Å². The number of aliphatic carboxylic acids is 1. The van der Waals surface area contributed by atoms with Gasteiger partial charge in [-0.2, -0.15) is 0 Å². The number of anilines is 1. The van der Waals surface area contributed by atoms with E-state index in [-0.39, 0.29) is 12.4 Å². The Labute approximate surface area is 112 Å². The Kier molecular flexibility index (Phi) is 4.92. The van der Waals surface area contributed by atoms with Crippen molar-refractivity contribution < 1.29 is 19.4 Å². The maximum absolute atomic E-state index is 11.0. The van der Waals surface area contributed by atoms with E-state index >= 15 is 0 Å². The van der Waals surface area contributed by atoms with Crippen molar-refractivity contribution in [2.75, 3.05) is 18.5 Å². The van der Waals surface area contributed by atoms with Gasteiger partial charge in [0.1, 0.15) is 5.75 Å². The molecule has 0 bridgehead atoms. The van der Waals surface area contributed by atoms with Gasteiger partial charge in [-0.15, -0.1) is 0 Å². The molecule has 0 radical (unpaired) electrons. The molecular weight excluding hydrogens is 246 g/mol. The number of nitrogens with zero attached hydrogens (tertiary/aromatic N) is 1. The smallest absolute Gasteiger partial charge is 0.308 e. The van der Waals surface area contributed by atoms with Gasteiger partial charge in [-0.1, -0.05) is 0 Å². The minimum atomic E-state index is -0.822. The second-order valence-electron chi connectivity index (χ2n) is 4.57. The van der Waals surface area contributed by atoms with Gasteiger partial charge in [-0.3, -0.25) is 9.59 Å². The van der Waals surface area contributed by atoms with Crippen LogP contribution in [0.4, 0.5) is 5.69 Å². The van der Waals surface area contributed by atoms with Gasteiger partial charge in [-0.05, 0) is 37.1 Å². The fourth-order valence-electron chi connectivity index (χ4n) is 1.84. The number of carbonyl (C=O) groups is 2. The highest BCUT2D eigenvalue weighted by atomic mass is 16.5. The van der Waals surface area contributed by atoms with Crippen LogP contribution in [0, 0.1) is 13.8 Å². The third kappa shape index (κ3) is 4.28. The predicted octanol–water partition coefficient (Wildman–Crippen LogP) is 2.14. The van der Waals surface area contributed by atoms with Gasteiger partial charge in [0.15, 0.2) is 0 Å². The summed E-state index contributed by atoms with van der Waals surface area (Å²) in [4.78, 5) is 23.4. The summed E-state index contributed by atoms with van der Waals surface area (Å²) in [5, 5.41) is 8.68. The topological polar surface area (TPSA) is 66.8 Å². The summed E-state index contributed by atoms with van der Waals surface area (Å²) in [7, 11) is 1.84. The van der Waals surface area contributed by atoms with E-state index in [1.54, 1.807) is 0 Å². The zero-order valence-electron chi connectivity index (χ0n) is 11.7. The largest absolute Gasteiger partial charge is 0.481 e. The summed E-state index contributed by atoms with van der Waals surface area (Å²) in [6, 6.07) is 3.76. The number of esters is 1. The third-order valence-electron chi connectivity index (χ3n) is 2.79. The van der Waals surface area contributed by atoms with Crippen molar-refractivity contribution in [1.29, 1.82) is 0 Å². The van der Waals surface area contributed by atoms with E-state index in [0.717, 1.165) is 16.8 Å². The van der Waals surface area contributed by atoms with E-state index in [4.69, 9.17) is 9.84 Å². The molecule has 0 saturated heterocycles. The molecule has 0 aliphatic rings. The van der Waals surface area contributed by atoms with E-state index in [1.165, 1.54) is 6.92 Å². The molecule has 0 amide bonds. The standard InChI is InChI=1S/C14H19NO4/c1-9-7-12(15(4)6-5-13(17)18)8-10(2)14(9)19-11(3)16/h7-8H,5-6H2,1-4H3,(H,17,18). The highest BCUT2D eigenvalue weighted by Crippen LogP contribution is 2.28. The maximum Gasteiger partial charge on any atom is 0.308 e. The Hall–Kier alpha value is -2.04. The predicted molar refractivity (Wildman–Crippen MR) is 72.7 cm³/mol. The number of hydrogen-bond donors (Lipinski definition) is 1. The van der Waals surface area contributed by atoms with Crippen LogP contribution in [-0.4, -0.2) is 30.6 Å². The van der Waals surface area contributed by atoms with Crippen LogP contribution in [-0.2, 0) is 9.59 Å². The first-order valence-electron chi connectivity index (χ1n) is 6.04. The fourth-order valence-corrected chi connectivity index (χ4v) is 1.84. The Balaban J connectivity index is 2.93. The number of carbonyl (C=O) groups excluding carboxylic acids is 1. The monoisotopic (exact) mass is 265 g/mol. The van der Waals surface area contributed by atoms with Crippen molar-refractivity contribution in [3.8, 4) is 5.75 Å². The van der Waals surface area contributed by atoms with Crippen LogP contribution < -0.4 is 9.64 Å². The number of rotatable bonds is 5. The lowest BCUT2D eigenvalue weighted by atomic mass is 10.1. The molecule has 1 N–H and O–H groups in total.